The molecule has 0 saturated carbocycles. The molecular formula is C14H19O4. The molecule has 1 rings (SSSR count). The van der Waals surface area contributed by atoms with E-state index in [0.29, 0.717) is 18.8 Å². The molecule has 1 aromatic carbocycles. The minimum Gasteiger partial charge on any atom is -0.378 e. The van der Waals surface area contributed by atoms with E-state index in [4.69, 9.17) is 4.74 Å². The minimum absolute atomic E-state index is 0.307. The van der Waals surface area contributed by atoms with Crippen LogP contribution in [-0.4, -0.2) is 19.2 Å². The molecule has 0 bridgehead atoms. The quantitative estimate of drug-likeness (QED) is 0.404. The van der Waals surface area contributed by atoms with Gasteiger partial charge in [0.05, 0.1) is 12.2 Å². The van der Waals surface area contributed by atoms with Crippen molar-refractivity contribution in [3.63, 3.8) is 0 Å². The molecule has 99 valence electrons. The van der Waals surface area contributed by atoms with Gasteiger partial charge in [-0.15, -0.1) is 0 Å². The molecule has 4 heteroatoms. The highest BCUT2D eigenvalue weighted by Crippen LogP contribution is 2.05. The molecule has 0 aliphatic carbocycles. The Labute approximate surface area is 108 Å². The van der Waals surface area contributed by atoms with Crippen molar-refractivity contribution in [1.82, 2.24) is 0 Å². The molecule has 0 spiro atoms. The number of hydrogen-bond donors (Lipinski definition) is 0. The second-order valence-electron chi connectivity index (χ2n) is 3.93. The predicted octanol–water partition coefficient (Wildman–Crippen LogP) is 3.06. The molecule has 1 radical (unpaired) electrons. The van der Waals surface area contributed by atoms with Crippen LogP contribution in [0.2, 0.25) is 0 Å². The summed E-state index contributed by atoms with van der Waals surface area (Å²) in [5, 5.41) is 0. The fraction of sp³-hybridized carbons (Fsp3) is 0.429. The van der Waals surface area contributed by atoms with Crippen LogP contribution in [0.4, 0.5) is 0 Å². The van der Waals surface area contributed by atoms with Gasteiger partial charge in [0.1, 0.15) is 0 Å². The largest absolute Gasteiger partial charge is 0.378 e. The van der Waals surface area contributed by atoms with E-state index >= 15 is 0 Å². The van der Waals surface area contributed by atoms with E-state index in [9.17, 15) is 4.79 Å². The molecule has 0 aliphatic heterocycles. The fourth-order valence-corrected chi connectivity index (χ4v) is 1.22. The Bertz CT molecular complexity index is 345. The molecule has 1 aromatic rings. The molecule has 0 aromatic heterocycles. The average molecular weight is 251 g/mol. The first-order chi connectivity index (χ1) is 8.74. The summed E-state index contributed by atoms with van der Waals surface area (Å²) in [4.78, 5) is 20.7. The van der Waals surface area contributed by atoms with E-state index < -0.39 is 5.97 Å². The lowest BCUT2D eigenvalue weighted by Gasteiger charge is -2.04. The van der Waals surface area contributed by atoms with Crippen LogP contribution in [0.3, 0.4) is 0 Å². The van der Waals surface area contributed by atoms with Crippen LogP contribution in [0.5, 0.6) is 0 Å². The van der Waals surface area contributed by atoms with Gasteiger partial charge in [0.15, 0.2) is 6.61 Å². The van der Waals surface area contributed by atoms with Gasteiger partial charge in [-0.2, -0.15) is 4.89 Å². The number of aryl methyl sites for hydroxylation is 1. The van der Waals surface area contributed by atoms with Crippen LogP contribution in [-0.2, 0) is 14.5 Å². The molecule has 0 atom stereocenters. The maximum Gasteiger partial charge on any atom is 0.373 e. The van der Waals surface area contributed by atoms with E-state index in [1.807, 2.05) is 19.1 Å². The number of rotatable bonds is 8. The lowest BCUT2D eigenvalue weighted by molar-refractivity contribution is -0.218. The van der Waals surface area contributed by atoms with Gasteiger partial charge in [-0.25, -0.2) is 4.79 Å². The summed E-state index contributed by atoms with van der Waals surface area (Å²) in [6, 6.07) is 7.07. The standard InChI is InChI=1S/C14H19O4/c1-3-4-9-16-10-11-17-18-14(15)13-7-5-12(2)6-8-13/h5-8,11H,3-4,9-10H2,1-2H3. The SMILES string of the molecule is CCCCOC[CH]OOC(=O)c1ccc(C)cc1. The molecule has 0 N–H and O–H groups in total. The summed E-state index contributed by atoms with van der Waals surface area (Å²) >= 11 is 0. The number of hydrogen-bond acceptors (Lipinski definition) is 4. The van der Waals surface area contributed by atoms with E-state index in [1.54, 1.807) is 12.1 Å². The second kappa shape index (κ2) is 8.66. The molecule has 0 heterocycles. The zero-order chi connectivity index (χ0) is 13.2. The molecule has 0 saturated heterocycles. The zero-order valence-corrected chi connectivity index (χ0v) is 10.8. The lowest BCUT2D eigenvalue weighted by Crippen LogP contribution is -2.07. The lowest BCUT2D eigenvalue weighted by atomic mass is 10.2. The Morgan fingerprint density at radius 3 is 2.67 bits per heavy atom. The maximum absolute atomic E-state index is 11.5. The van der Waals surface area contributed by atoms with Crippen LogP contribution < -0.4 is 0 Å². The molecule has 18 heavy (non-hydrogen) atoms. The van der Waals surface area contributed by atoms with Crippen LogP contribution in [0.1, 0.15) is 35.7 Å². The second-order valence-corrected chi connectivity index (χ2v) is 3.93. The predicted molar refractivity (Wildman–Crippen MR) is 67.7 cm³/mol. The highest BCUT2D eigenvalue weighted by molar-refractivity contribution is 5.88. The highest BCUT2D eigenvalue weighted by Gasteiger charge is 2.07. The molecular weight excluding hydrogens is 232 g/mol. The van der Waals surface area contributed by atoms with Crippen LogP contribution in [0, 0.1) is 13.5 Å². The average Bonchev–Trinajstić information content (AvgIpc) is 2.38. The molecule has 0 fully saturated rings. The smallest absolute Gasteiger partial charge is 0.373 e. The topological polar surface area (TPSA) is 44.8 Å². The van der Waals surface area contributed by atoms with E-state index in [0.717, 1.165) is 18.4 Å². The van der Waals surface area contributed by atoms with Gasteiger partial charge in [0, 0.05) is 6.61 Å². The Morgan fingerprint density at radius 2 is 2.00 bits per heavy atom. The Hall–Kier alpha value is -1.39. The van der Waals surface area contributed by atoms with Crippen molar-refractivity contribution >= 4 is 5.97 Å². The van der Waals surface area contributed by atoms with Crippen molar-refractivity contribution in [1.29, 1.82) is 0 Å². The van der Waals surface area contributed by atoms with E-state index in [1.165, 1.54) is 6.61 Å². The number of carbonyl (C=O) groups is 1. The summed E-state index contributed by atoms with van der Waals surface area (Å²) in [5.41, 5.74) is 1.55. The molecule has 0 amide bonds. The molecule has 4 nitrogen and oxygen atoms in total. The van der Waals surface area contributed by atoms with Gasteiger partial charge in [-0.05, 0) is 25.5 Å². The van der Waals surface area contributed by atoms with Crippen molar-refractivity contribution in [2.45, 2.75) is 26.7 Å². The van der Waals surface area contributed by atoms with Crippen molar-refractivity contribution in [2.24, 2.45) is 0 Å². The first kappa shape index (κ1) is 14.7. The maximum atomic E-state index is 11.5. The van der Waals surface area contributed by atoms with Crippen LogP contribution in [0.25, 0.3) is 0 Å². The first-order valence-electron chi connectivity index (χ1n) is 6.07. The Morgan fingerprint density at radius 1 is 1.28 bits per heavy atom. The van der Waals surface area contributed by atoms with Gasteiger partial charge in [-0.1, -0.05) is 31.0 Å². The summed E-state index contributed by atoms with van der Waals surface area (Å²) in [5.74, 6) is -0.514. The third-order valence-corrected chi connectivity index (χ3v) is 2.31. The van der Waals surface area contributed by atoms with Gasteiger partial charge in [-0.3, -0.25) is 4.89 Å². The molecule has 0 aliphatic rings. The summed E-state index contributed by atoms with van der Waals surface area (Å²) in [7, 11) is 0. The number of ether oxygens (including phenoxy) is 1. The molecule has 0 unspecified atom stereocenters. The number of unbranched alkanes of at least 4 members (excludes halogenated alkanes) is 1. The zero-order valence-electron chi connectivity index (χ0n) is 10.8. The number of benzene rings is 1. The van der Waals surface area contributed by atoms with Crippen molar-refractivity contribution in [3.8, 4) is 0 Å². The van der Waals surface area contributed by atoms with E-state index in [2.05, 4.69) is 16.7 Å². The fourth-order valence-electron chi connectivity index (χ4n) is 1.22. The first-order valence-corrected chi connectivity index (χ1v) is 6.07. The summed E-state index contributed by atoms with van der Waals surface area (Å²) < 4.78 is 5.21. The van der Waals surface area contributed by atoms with Crippen molar-refractivity contribution < 1.29 is 19.3 Å². The third-order valence-electron chi connectivity index (χ3n) is 2.31. The van der Waals surface area contributed by atoms with Crippen LogP contribution in [0.15, 0.2) is 24.3 Å². The monoisotopic (exact) mass is 251 g/mol. The summed E-state index contributed by atoms with van der Waals surface area (Å²) in [6.07, 6.45) is 2.10. The van der Waals surface area contributed by atoms with Gasteiger partial charge < -0.3 is 4.74 Å². The highest BCUT2D eigenvalue weighted by atomic mass is 17.2. The minimum atomic E-state index is -0.514. The van der Waals surface area contributed by atoms with Gasteiger partial charge in [0.25, 0.3) is 0 Å². The van der Waals surface area contributed by atoms with Crippen molar-refractivity contribution in [3.05, 3.63) is 42.0 Å². The van der Waals surface area contributed by atoms with Crippen LogP contribution >= 0.6 is 0 Å². The Balaban J connectivity index is 2.12. The summed E-state index contributed by atoms with van der Waals surface area (Å²) in [6.45, 7) is 6.35. The van der Waals surface area contributed by atoms with Gasteiger partial charge >= 0.3 is 5.97 Å². The van der Waals surface area contributed by atoms with Gasteiger partial charge in [0.2, 0.25) is 0 Å². The third kappa shape index (κ3) is 5.80. The number of carbonyl (C=O) groups excluding carboxylic acids is 1. The van der Waals surface area contributed by atoms with Crippen molar-refractivity contribution in [2.75, 3.05) is 13.2 Å². The van der Waals surface area contributed by atoms with E-state index in [-0.39, 0.29) is 0 Å². The Kier molecular flexibility index (Phi) is 7.06. The normalized spacial score (nSPS) is 10.3.